The van der Waals surface area contributed by atoms with E-state index in [1.54, 1.807) is 42.5 Å². The zero-order valence-electron chi connectivity index (χ0n) is 12.6. The van der Waals surface area contributed by atoms with E-state index < -0.39 is 27.4 Å². The maximum absolute atomic E-state index is 13.0. The molecule has 122 valence electrons. The Morgan fingerprint density at radius 1 is 1.00 bits per heavy atom. The maximum Gasteiger partial charge on any atom is 0.253 e. The van der Waals surface area contributed by atoms with Crippen molar-refractivity contribution in [2.75, 3.05) is 0 Å². The van der Waals surface area contributed by atoms with Crippen molar-refractivity contribution in [3.8, 4) is 0 Å². The number of nitrogens with one attached hydrogen (secondary N) is 1. The number of sulfonamides is 1. The molecule has 0 bridgehead atoms. The van der Waals surface area contributed by atoms with Crippen LogP contribution in [-0.2, 0) is 31.7 Å². The lowest BCUT2D eigenvalue weighted by molar-refractivity contribution is -0.128. The number of rotatable bonds is 2. The molecule has 2 amide bonds. The van der Waals surface area contributed by atoms with Crippen molar-refractivity contribution in [3.05, 3.63) is 65.7 Å². The number of fused-ring (bicyclic) bond motifs is 2. The van der Waals surface area contributed by atoms with Gasteiger partial charge in [-0.15, -0.1) is 0 Å². The highest BCUT2D eigenvalue weighted by atomic mass is 32.2. The van der Waals surface area contributed by atoms with Gasteiger partial charge in [-0.05, 0) is 11.6 Å². The van der Waals surface area contributed by atoms with Crippen molar-refractivity contribution in [2.45, 2.75) is 23.4 Å². The number of benzene rings is 2. The predicted molar refractivity (Wildman–Crippen MR) is 85.1 cm³/mol. The second-order valence-corrected chi connectivity index (χ2v) is 7.74. The lowest BCUT2D eigenvalue weighted by atomic mass is 9.88. The fourth-order valence-corrected chi connectivity index (χ4v) is 5.44. The van der Waals surface area contributed by atoms with Gasteiger partial charge in [0.05, 0.1) is 11.3 Å². The monoisotopic (exact) mass is 342 g/mol. The van der Waals surface area contributed by atoms with E-state index in [0.717, 1.165) is 9.87 Å². The normalized spacial score (nSPS) is 25.0. The number of nitrogens with zero attached hydrogens (tertiary/aromatic N) is 1. The first-order chi connectivity index (χ1) is 11.5. The van der Waals surface area contributed by atoms with Crippen molar-refractivity contribution in [1.82, 2.24) is 9.62 Å². The van der Waals surface area contributed by atoms with E-state index in [-0.39, 0.29) is 17.9 Å². The number of hydrogen-bond donors (Lipinski definition) is 1. The highest BCUT2D eigenvalue weighted by Crippen LogP contribution is 2.49. The molecule has 1 saturated heterocycles. The topological polar surface area (TPSA) is 83.5 Å². The SMILES string of the molecule is O=C1CC2(C(=O)N1)c1ccccc1S(=O)(=O)N2Cc1ccccc1. The molecule has 1 atom stereocenters. The predicted octanol–water partition coefficient (Wildman–Crippen LogP) is 1.13. The van der Waals surface area contributed by atoms with Gasteiger partial charge in [-0.1, -0.05) is 48.5 Å². The van der Waals surface area contributed by atoms with Crippen LogP contribution in [0.3, 0.4) is 0 Å². The van der Waals surface area contributed by atoms with Gasteiger partial charge in [-0.2, -0.15) is 4.31 Å². The second kappa shape index (κ2) is 4.99. The maximum atomic E-state index is 13.0. The fraction of sp³-hybridized carbons (Fsp3) is 0.176. The lowest BCUT2D eigenvalue weighted by Gasteiger charge is -2.30. The summed E-state index contributed by atoms with van der Waals surface area (Å²) in [5, 5.41) is 2.26. The zero-order valence-corrected chi connectivity index (χ0v) is 13.4. The van der Waals surface area contributed by atoms with E-state index in [1.807, 2.05) is 6.07 Å². The number of hydrogen-bond acceptors (Lipinski definition) is 4. The number of carbonyl (C=O) groups excluding carboxylic acids is 2. The standard InChI is InChI=1S/C17H14N2O4S/c20-15-10-17(16(21)18-15)13-8-4-5-9-14(13)24(22,23)19(17)11-12-6-2-1-3-7-12/h1-9H,10-11H2,(H,18,20,21). The first kappa shape index (κ1) is 15.0. The van der Waals surface area contributed by atoms with Gasteiger partial charge < -0.3 is 0 Å². The van der Waals surface area contributed by atoms with Crippen molar-refractivity contribution >= 4 is 21.8 Å². The van der Waals surface area contributed by atoms with E-state index in [4.69, 9.17) is 0 Å². The summed E-state index contributed by atoms with van der Waals surface area (Å²) in [4.78, 5) is 24.6. The molecule has 2 aromatic carbocycles. The Balaban J connectivity index is 1.94. The molecule has 2 aromatic rings. The molecular formula is C17H14N2O4S. The van der Waals surface area contributed by atoms with Crippen molar-refractivity contribution in [1.29, 1.82) is 0 Å². The molecule has 24 heavy (non-hydrogen) atoms. The van der Waals surface area contributed by atoms with Crippen LogP contribution in [-0.4, -0.2) is 24.5 Å². The smallest absolute Gasteiger partial charge is 0.253 e. The van der Waals surface area contributed by atoms with Crippen molar-refractivity contribution < 1.29 is 18.0 Å². The molecule has 0 aromatic heterocycles. The van der Waals surface area contributed by atoms with Gasteiger partial charge in [0.1, 0.15) is 0 Å². The third kappa shape index (κ3) is 1.88. The van der Waals surface area contributed by atoms with E-state index in [1.165, 1.54) is 6.07 Å². The van der Waals surface area contributed by atoms with Gasteiger partial charge in [0, 0.05) is 12.1 Å². The molecule has 1 fully saturated rings. The largest absolute Gasteiger partial charge is 0.294 e. The van der Waals surface area contributed by atoms with Gasteiger partial charge in [0.15, 0.2) is 5.54 Å². The summed E-state index contributed by atoms with van der Waals surface area (Å²) in [6.07, 6.45) is -0.199. The van der Waals surface area contributed by atoms with Crippen LogP contribution in [0.2, 0.25) is 0 Å². The molecule has 2 aliphatic rings. The van der Waals surface area contributed by atoms with E-state index in [2.05, 4.69) is 5.32 Å². The summed E-state index contributed by atoms with van der Waals surface area (Å²) in [5.74, 6) is -1.05. The average molecular weight is 342 g/mol. The summed E-state index contributed by atoms with van der Waals surface area (Å²) >= 11 is 0. The van der Waals surface area contributed by atoms with Crippen LogP contribution in [0, 0.1) is 0 Å². The molecule has 1 N–H and O–H groups in total. The summed E-state index contributed by atoms with van der Waals surface area (Å²) in [5.41, 5.74) is -0.382. The number of imide groups is 1. The molecule has 2 heterocycles. The minimum Gasteiger partial charge on any atom is -0.294 e. The van der Waals surface area contributed by atoms with E-state index in [0.29, 0.717) is 5.56 Å². The molecular weight excluding hydrogens is 328 g/mol. The van der Waals surface area contributed by atoms with Crippen LogP contribution in [0.1, 0.15) is 17.5 Å². The first-order valence-electron chi connectivity index (χ1n) is 7.47. The lowest BCUT2D eigenvalue weighted by Crippen LogP contribution is -2.48. The quantitative estimate of drug-likeness (QED) is 0.830. The summed E-state index contributed by atoms with van der Waals surface area (Å²) in [7, 11) is -3.87. The molecule has 1 spiro atoms. The Labute approximate surface area is 139 Å². The number of carbonyl (C=O) groups is 2. The molecule has 6 nitrogen and oxygen atoms in total. The molecule has 4 rings (SSSR count). The van der Waals surface area contributed by atoms with Crippen molar-refractivity contribution in [2.24, 2.45) is 0 Å². The van der Waals surface area contributed by atoms with Gasteiger partial charge in [-0.3, -0.25) is 14.9 Å². The molecule has 2 aliphatic heterocycles. The zero-order chi connectivity index (χ0) is 16.9. The van der Waals surface area contributed by atoms with Crippen LogP contribution in [0.5, 0.6) is 0 Å². The third-order valence-electron chi connectivity index (χ3n) is 4.54. The van der Waals surface area contributed by atoms with Gasteiger partial charge in [0.25, 0.3) is 5.91 Å². The minimum absolute atomic E-state index is 0.0263. The van der Waals surface area contributed by atoms with Crippen LogP contribution < -0.4 is 5.32 Å². The van der Waals surface area contributed by atoms with Crippen molar-refractivity contribution in [3.63, 3.8) is 0 Å². The van der Waals surface area contributed by atoms with Gasteiger partial charge in [0.2, 0.25) is 15.9 Å². The van der Waals surface area contributed by atoms with E-state index >= 15 is 0 Å². The Bertz CT molecular complexity index is 956. The Morgan fingerprint density at radius 2 is 1.67 bits per heavy atom. The Hall–Kier alpha value is -2.51. The first-order valence-corrected chi connectivity index (χ1v) is 8.91. The van der Waals surface area contributed by atoms with E-state index in [9.17, 15) is 18.0 Å². The average Bonchev–Trinajstić information content (AvgIpc) is 2.96. The molecule has 0 radical (unpaired) electrons. The molecule has 0 aliphatic carbocycles. The highest BCUT2D eigenvalue weighted by Gasteiger charge is 2.62. The summed E-state index contributed by atoms with van der Waals surface area (Å²) < 4.78 is 27.2. The molecule has 0 saturated carbocycles. The van der Waals surface area contributed by atoms with Gasteiger partial charge in [-0.25, -0.2) is 8.42 Å². The summed E-state index contributed by atoms with van der Waals surface area (Å²) in [6, 6.07) is 15.4. The highest BCUT2D eigenvalue weighted by molar-refractivity contribution is 7.89. The Kier molecular flexibility index (Phi) is 3.13. The fourth-order valence-electron chi connectivity index (χ4n) is 3.47. The Morgan fingerprint density at radius 3 is 2.33 bits per heavy atom. The second-order valence-electron chi connectivity index (χ2n) is 5.91. The van der Waals surface area contributed by atoms with Crippen LogP contribution >= 0.6 is 0 Å². The van der Waals surface area contributed by atoms with Gasteiger partial charge >= 0.3 is 0 Å². The summed E-state index contributed by atoms with van der Waals surface area (Å²) in [6.45, 7) is 0.0263. The van der Waals surface area contributed by atoms with Crippen LogP contribution in [0.15, 0.2) is 59.5 Å². The molecule has 7 heteroatoms. The molecule has 1 unspecified atom stereocenters. The van der Waals surface area contributed by atoms with Crippen LogP contribution in [0.4, 0.5) is 0 Å². The van der Waals surface area contributed by atoms with Crippen LogP contribution in [0.25, 0.3) is 0 Å². The third-order valence-corrected chi connectivity index (χ3v) is 6.47. The number of amides is 2. The minimum atomic E-state index is -3.87.